The first-order valence-corrected chi connectivity index (χ1v) is 22.0. The highest BCUT2D eigenvalue weighted by Gasteiger charge is 2.42. The highest BCUT2D eigenvalue weighted by atomic mass is 127. The van der Waals surface area contributed by atoms with Gasteiger partial charge < -0.3 is 4.43 Å². The quantitative estimate of drug-likeness (QED) is 0.0994. The molecule has 1 nitrogen and oxygen atoms in total. The summed E-state index contributed by atoms with van der Waals surface area (Å²) < 4.78 is 37.4. The second-order valence-electron chi connectivity index (χ2n) is 13.3. The lowest BCUT2D eigenvalue weighted by atomic mass is 10.2. The van der Waals surface area contributed by atoms with E-state index in [1.54, 1.807) is 12.1 Å². The zero-order valence-corrected chi connectivity index (χ0v) is 31.2. The number of rotatable bonds is 8. The second kappa shape index (κ2) is 14.1. The minimum absolute atomic E-state index is 0. The molecule has 4 aromatic rings. The van der Waals surface area contributed by atoms with Crippen molar-refractivity contribution in [2.24, 2.45) is 0 Å². The molecule has 43 heavy (non-hydrogen) atoms. The first kappa shape index (κ1) is 34.0. The van der Waals surface area contributed by atoms with E-state index in [-0.39, 0.29) is 34.8 Å². The van der Waals surface area contributed by atoms with Gasteiger partial charge in [0.2, 0.25) is 0 Å². The fourth-order valence-electron chi connectivity index (χ4n) is 5.92. The van der Waals surface area contributed by atoms with E-state index >= 15 is 8.78 Å². The van der Waals surface area contributed by atoms with Gasteiger partial charge in [0, 0.05) is 0 Å². The normalized spacial score (nSPS) is 15.2. The van der Waals surface area contributed by atoms with Gasteiger partial charge in [-0.3, -0.25) is 0 Å². The molecule has 228 valence electrons. The highest BCUT2D eigenvalue weighted by Crippen LogP contribution is 2.40. The Balaban J connectivity index is 0.00000423. The molecule has 1 fully saturated rings. The minimum Gasteiger partial charge on any atom is -0.540 e. The molecular formula is C36H44F2IOPSi2. The van der Waals surface area contributed by atoms with E-state index in [1.165, 1.54) is 27.9 Å². The topological polar surface area (TPSA) is 9.23 Å². The Morgan fingerprint density at radius 2 is 1.19 bits per heavy atom. The van der Waals surface area contributed by atoms with Gasteiger partial charge in [0.05, 0.1) is 8.07 Å². The summed E-state index contributed by atoms with van der Waals surface area (Å²) in [5, 5.41) is 4.73. The van der Waals surface area contributed by atoms with Crippen LogP contribution in [0.25, 0.3) is 0 Å². The van der Waals surface area contributed by atoms with Gasteiger partial charge in [-0.25, -0.2) is 8.78 Å². The molecule has 0 atom stereocenters. The molecule has 0 aliphatic carbocycles. The van der Waals surface area contributed by atoms with Crippen LogP contribution in [-0.2, 0) is 6.04 Å². The van der Waals surface area contributed by atoms with E-state index in [2.05, 4.69) is 106 Å². The first-order valence-electron chi connectivity index (χ1n) is 15.2. The Morgan fingerprint density at radius 3 is 1.65 bits per heavy atom. The van der Waals surface area contributed by atoms with Crippen LogP contribution < -0.4 is 25.5 Å². The van der Waals surface area contributed by atoms with Gasteiger partial charge in [0.25, 0.3) is 8.32 Å². The van der Waals surface area contributed by atoms with Crippen molar-refractivity contribution < 1.29 is 13.2 Å². The van der Waals surface area contributed by atoms with Crippen LogP contribution in [0.3, 0.4) is 0 Å². The van der Waals surface area contributed by atoms with Gasteiger partial charge in [-0.05, 0) is 60.1 Å². The number of halogens is 3. The van der Waals surface area contributed by atoms with Crippen LogP contribution in [0.1, 0.15) is 45.6 Å². The lowest BCUT2D eigenvalue weighted by molar-refractivity contribution is 0.424. The molecule has 0 bridgehead atoms. The Kier molecular flexibility index (Phi) is 11.1. The molecule has 0 spiro atoms. The lowest BCUT2D eigenvalue weighted by Crippen LogP contribution is -2.52. The molecule has 7 heteroatoms. The summed E-state index contributed by atoms with van der Waals surface area (Å²) in [5.74, 6) is -1.28. The molecule has 5 rings (SSSR count). The largest absolute Gasteiger partial charge is 0.540 e. The second-order valence-corrected chi connectivity index (χ2v) is 24.8. The maximum Gasteiger partial charge on any atom is 0.250 e. The predicted octanol–water partition coefficient (Wildman–Crippen LogP) is 9.35. The molecule has 0 radical (unpaired) electrons. The van der Waals surface area contributed by atoms with Crippen LogP contribution in [0.2, 0.25) is 30.2 Å². The van der Waals surface area contributed by atoms with E-state index in [0.717, 1.165) is 36.2 Å². The van der Waals surface area contributed by atoms with Gasteiger partial charge in [0.1, 0.15) is 0 Å². The zero-order valence-electron chi connectivity index (χ0n) is 26.0. The first-order chi connectivity index (χ1) is 20.0. The molecule has 1 aliphatic rings. The van der Waals surface area contributed by atoms with Crippen molar-refractivity contribution in [3.63, 3.8) is 0 Å². The Labute approximate surface area is 277 Å². The van der Waals surface area contributed by atoms with Gasteiger partial charge in [-0.1, -0.05) is 148 Å². The maximum atomic E-state index is 15.6. The van der Waals surface area contributed by atoms with E-state index in [9.17, 15) is 0 Å². The van der Waals surface area contributed by atoms with Crippen LogP contribution in [0.15, 0.2) is 97.1 Å². The molecular weight excluding hydrogens is 700 g/mol. The van der Waals surface area contributed by atoms with Gasteiger partial charge >= 0.3 is 0 Å². The van der Waals surface area contributed by atoms with Crippen molar-refractivity contribution in [1.82, 2.24) is 0 Å². The molecule has 0 unspecified atom stereocenters. The fraction of sp³-hybridized carbons (Fsp3) is 0.333. The Bertz CT molecular complexity index is 1420. The molecule has 0 N–H and O–H groups in total. The summed E-state index contributed by atoms with van der Waals surface area (Å²) in [6.07, 6.45) is 3.45. The van der Waals surface area contributed by atoms with Crippen LogP contribution in [-0.4, -0.2) is 16.4 Å². The summed E-state index contributed by atoms with van der Waals surface area (Å²) in [5.41, 5.74) is 1.27. The van der Waals surface area contributed by atoms with E-state index in [4.69, 9.17) is 4.43 Å². The summed E-state index contributed by atoms with van der Waals surface area (Å²) >= 11 is 0. The van der Waals surface area contributed by atoms with Crippen molar-refractivity contribution in [3.05, 3.63) is 114 Å². The van der Waals surface area contributed by atoms with Crippen LogP contribution >= 0.6 is 31.9 Å². The third-order valence-corrected chi connectivity index (χ3v) is 21.3. The Hall–Kier alpha value is -1.87. The third-order valence-electron chi connectivity index (χ3n) is 9.35. The van der Waals surface area contributed by atoms with E-state index < -0.39 is 35.9 Å². The minimum atomic E-state index is -2.38. The standard InChI is InChI=1S/C36H43F2OPSi2.HI/c1-36(2,3)41(4,5)39-35-33(37)25-32(26-34(35)38)42(23-13-8-14-24-42)27-28-19-21-31(22-20-28)40(29-15-9-6-10-16-29)30-17-11-7-12-18-30;/h6-7,9-12,15-22,25-26H,8,13-14,23-24,27H2,1-5H3;1H. The summed E-state index contributed by atoms with van der Waals surface area (Å²) in [6.45, 7) is 10.3. The summed E-state index contributed by atoms with van der Waals surface area (Å²) in [6, 6.07) is 36.8. The van der Waals surface area contributed by atoms with Crippen molar-refractivity contribution in [2.75, 3.05) is 0 Å². The van der Waals surface area contributed by atoms with Crippen LogP contribution in [0.4, 0.5) is 8.78 Å². The molecule has 0 aromatic heterocycles. The number of benzene rings is 4. The molecule has 1 aliphatic heterocycles. The van der Waals surface area contributed by atoms with Crippen molar-refractivity contribution >= 4 is 69.4 Å². The van der Waals surface area contributed by atoms with Gasteiger partial charge in [-0.2, -0.15) is 0 Å². The molecule has 0 saturated carbocycles. The van der Waals surface area contributed by atoms with Crippen LogP contribution in [0, 0.1) is 11.6 Å². The number of hydrogen-bond acceptors (Lipinski definition) is 1. The lowest BCUT2D eigenvalue weighted by Gasteiger charge is -2.38. The van der Waals surface area contributed by atoms with Crippen molar-refractivity contribution in [3.8, 4) is 5.75 Å². The Morgan fingerprint density at radius 1 is 0.721 bits per heavy atom. The molecule has 1 saturated heterocycles. The van der Waals surface area contributed by atoms with E-state index in [1.807, 2.05) is 13.1 Å². The third kappa shape index (κ3) is 7.69. The molecule has 0 amide bonds. The van der Waals surface area contributed by atoms with Crippen molar-refractivity contribution in [1.29, 1.82) is 0 Å². The molecule has 1 heterocycles. The average Bonchev–Trinajstić information content (AvgIpc) is 2.97. The van der Waals surface area contributed by atoms with E-state index in [0.29, 0.717) is 0 Å². The van der Waals surface area contributed by atoms with Crippen molar-refractivity contribution in [2.45, 2.75) is 76.3 Å². The smallest absolute Gasteiger partial charge is 0.250 e. The maximum absolute atomic E-state index is 15.6. The summed E-state index contributed by atoms with van der Waals surface area (Å²) in [7, 11) is -5.21. The fourth-order valence-corrected chi connectivity index (χ4v) is 14.3. The average molecular weight is 745 g/mol. The van der Waals surface area contributed by atoms with Gasteiger partial charge in [0.15, 0.2) is 17.4 Å². The summed E-state index contributed by atoms with van der Waals surface area (Å²) in [4.78, 5) is 0. The zero-order chi connectivity index (χ0) is 30.0. The SMILES string of the molecule is CC(C)(C)[Si](C)(C)Oc1c(F)cc([Si]2(Cc3ccc(P(c4ccccc4)c4ccccc4)cc3)CCCCC2)cc1F.I. The van der Waals surface area contributed by atoms with Gasteiger partial charge in [-0.15, -0.1) is 24.0 Å². The monoisotopic (exact) mass is 744 g/mol. The predicted molar refractivity (Wildman–Crippen MR) is 197 cm³/mol. The molecule has 4 aromatic carbocycles. The highest BCUT2D eigenvalue weighted by molar-refractivity contribution is 14.0. The number of hydrogen-bond donors (Lipinski definition) is 0. The van der Waals surface area contributed by atoms with Crippen LogP contribution in [0.5, 0.6) is 5.75 Å².